The van der Waals surface area contributed by atoms with Gasteiger partial charge in [-0.15, -0.1) is 0 Å². The number of H-pyrrole nitrogens is 1. The Bertz CT molecular complexity index is 1180. The van der Waals surface area contributed by atoms with E-state index in [1.165, 1.54) is 0 Å². The lowest BCUT2D eigenvalue weighted by molar-refractivity contribution is -1.92. The number of rotatable bonds is 2. The Balaban J connectivity index is 0.000000431. The second-order valence-electron chi connectivity index (χ2n) is 5.70. The number of halogens is 1. The molecule has 0 unspecified atom stereocenters. The van der Waals surface area contributed by atoms with Gasteiger partial charge in [-0.2, -0.15) is 19.0 Å². The fraction of sp³-hybridized carbons (Fsp3) is 0. The maximum absolute atomic E-state index is 12.3. The van der Waals surface area contributed by atoms with Gasteiger partial charge in [-0.05, 0) is 11.6 Å². The molecule has 0 spiro atoms. The van der Waals surface area contributed by atoms with Gasteiger partial charge in [0.05, 0.1) is 14.9 Å². The minimum absolute atomic E-state index is 0.0314. The van der Waals surface area contributed by atoms with E-state index in [2.05, 4.69) is 9.97 Å². The standard InChI is InChI=1S/C19H12N2O3.ClHO4/c22-17-16-14(12-7-3-1-4-8-12)11-15(13-9-5-2-6-10-13)24-18(16)21-19(23)20-17;2-1(3,4)5/h1-11H,(H,20,22,23);(H,2,3,4,5). The van der Waals surface area contributed by atoms with Gasteiger partial charge in [0.1, 0.15) is 11.3 Å². The van der Waals surface area contributed by atoms with Crippen molar-refractivity contribution in [3.63, 3.8) is 0 Å². The van der Waals surface area contributed by atoms with E-state index in [-0.39, 0.29) is 11.5 Å². The van der Waals surface area contributed by atoms with E-state index in [0.29, 0.717) is 11.3 Å². The maximum Gasteiger partial charge on any atom is 0.351 e. The predicted octanol–water partition coefficient (Wildman–Crippen LogP) is -0.962. The van der Waals surface area contributed by atoms with Crippen molar-refractivity contribution < 1.29 is 33.3 Å². The van der Waals surface area contributed by atoms with E-state index in [9.17, 15) is 9.59 Å². The predicted molar refractivity (Wildman–Crippen MR) is 93.1 cm³/mol. The zero-order chi connectivity index (χ0) is 21.0. The Morgan fingerprint density at radius 1 is 0.897 bits per heavy atom. The molecule has 2 aromatic carbocycles. The van der Waals surface area contributed by atoms with Crippen LogP contribution in [0.3, 0.4) is 0 Å². The molecule has 10 heteroatoms. The fourth-order valence-corrected chi connectivity index (χ4v) is 2.67. The molecule has 2 aromatic rings. The minimum atomic E-state index is -4.69. The van der Waals surface area contributed by atoms with Gasteiger partial charge in [-0.25, -0.2) is 4.79 Å². The molecule has 0 fully saturated rings. The van der Waals surface area contributed by atoms with Crippen LogP contribution in [0.25, 0.3) is 33.9 Å². The van der Waals surface area contributed by atoms with Crippen LogP contribution in [0.1, 0.15) is 0 Å². The molecule has 0 radical (unpaired) electrons. The molecule has 0 aliphatic carbocycles. The van der Waals surface area contributed by atoms with Gasteiger partial charge in [0.2, 0.25) is 5.89 Å². The fourth-order valence-electron chi connectivity index (χ4n) is 2.67. The molecule has 0 aromatic heterocycles. The first kappa shape index (κ1) is 20.4. The normalized spacial score (nSPS) is 11.0. The minimum Gasteiger partial charge on any atom is -0.437 e. The van der Waals surface area contributed by atoms with Gasteiger partial charge < -0.3 is 4.42 Å². The first-order valence-electron chi connectivity index (χ1n) is 8.04. The number of nitrogens with one attached hydrogen (secondary N) is 1. The molecule has 29 heavy (non-hydrogen) atoms. The molecule has 0 amide bonds. The number of hydrogen-bond donors (Lipinski definition) is 2. The highest BCUT2D eigenvalue weighted by atomic mass is 35.7. The van der Waals surface area contributed by atoms with Crippen molar-refractivity contribution in [1.82, 2.24) is 9.97 Å². The molecule has 0 saturated carbocycles. The van der Waals surface area contributed by atoms with Crippen molar-refractivity contribution in [3.05, 3.63) is 87.6 Å². The molecule has 0 saturated heterocycles. The second kappa shape index (κ2) is 8.35. The second-order valence-corrected chi connectivity index (χ2v) is 6.50. The summed E-state index contributed by atoms with van der Waals surface area (Å²) in [6.07, 6.45) is 0. The number of fused-ring (bicyclic) bond motifs is 1. The third-order valence-corrected chi connectivity index (χ3v) is 3.76. The van der Waals surface area contributed by atoms with Gasteiger partial charge in [0, 0.05) is 11.1 Å². The van der Waals surface area contributed by atoms with Crippen LogP contribution in [-0.2, 0) is 0 Å². The van der Waals surface area contributed by atoms with Crippen LogP contribution < -0.4 is 25.2 Å². The summed E-state index contributed by atoms with van der Waals surface area (Å²) in [5, 5.41) is 0. The van der Waals surface area contributed by atoms with E-state index in [1.807, 2.05) is 60.7 Å². The Kier molecular flexibility index (Phi) is 5.87. The average molecular weight is 417 g/mol. The number of hydrogen-bond acceptors (Lipinski definition) is 8. The molecule has 2 aliphatic rings. The van der Waals surface area contributed by atoms with Gasteiger partial charge in [-0.3, -0.25) is 9.78 Å². The molecule has 9 nitrogen and oxygen atoms in total. The van der Waals surface area contributed by atoms with Gasteiger partial charge in [-0.1, -0.05) is 60.7 Å². The van der Waals surface area contributed by atoms with Crippen LogP contribution in [0, 0.1) is 10.2 Å². The number of nitrogens with zero attached hydrogens (tertiary/aromatic N) is 1. The van der Waals surface area contributed by atoms with Crippen molar-refractivity contribution >= 4 is 0 Å². The number of aromatic amines is 1. The molecule has 4 rings (SSSR count). The highest BCUT2D eigenvalue weighted by molar-refractivity contribution is 5.82. The summed E-state index contributed by atoms with van der Waals surface area (Å²) >= 11 is 0. The SMILES string of the molecule is O=c1nc2oc(-c3ccccc3)cc(-c3ccccc3)c-2c(=O)[nH]1.[O-][Cl+3]([O-])([O-])O. The Morgan fingerprint density at radius 2 is 1.41 bits per heavy atom. The summed E-state index contributed by atoms with van der Waals surface area (Å²) in [4.78, 5) is 29.9. The van der Waals surface area contributed by atoms with Gasteiger partial charge in [0.15, 0.2) is 0 Å². The number of aromatic nitrogens is 2. The third kappa shape index (κ3) is 5.35. The Morgan fingerprint density at radius 3 is 1.97 bits per heavy atom. The van der Waals surface area contributed by atoms with Gasteiger partial charge in [0.25, 0.3) is 5.56 Å². The summed E-state index contributed by atoms with van der Waals surface area (Å²) in [6.45, 7) is 0. The van der Waals surface area contributed by atoms with Crippen molar-refractivity contribution in [2.45, 2.75) is 0 Å². The molecule has 2 N–H and O–H groups in total. The van der Waals surface area contributed by atoms with Crippen LogP contribution in [0.15, 0.2) is 80.7 Å². The highest BCUT2D eigenvalue weighted by Crippen LogP contribution is 2.34. The molecule has 0 atom stereocenters. The average Bonchev–Trinajstić information content (AvgIpc) is 2.67. The van der Waals surface area contributed by atoms with Crippen molar-refractivity contribution in [2.24, 2.45) is 0 Å². The van der Waals surface area contributed by atoms with E-state index >= 15 is 0 Å². The maximum atomic E-state index is 12.3. The van der Waals surface area contributed by atoms with Crippen LogP contribution in [0.4, 0.5) is 0 Å². The van der Waals surface area contributed by atoms with Crippen LogP contribution in [-0.4, -0.2) is 14.6 Å². The zero-order valence-electron chi connectivity index (χ0n) is 14.6. The Hall–Kier alpha value is -3.34. The van der Waals surface area contributed by atoms with E-state index in [0.717, 1.165) is 11.1 Å². The largest absolute Gasteiger partial charge is 0.437 e. The first-order chi connectivity index (χ1) is 13.7. The summed E-state index contributed by atoms with van der Waals surface area (Å²) < 4.78 is 38.5. The summed E-state index contributed by atoms with van der Waals surface area (Å²) in [5.74, 6) is 0.573. The molecule has 0 bridgehead atoms. The highest BCUT2D eigenvalue weighted by Gasteiger charge is 2.20. The summed E-state index contributed by atoms with van der Waals surface area (Å²) in [6, 6.07) is 20.7. The quantitative estimate of drug-likeness (QED) is 0.421. The zero-order valence-corrected chi connectivity index (χ0v) is 15.3. The van der Waals surface area contributed by atoms with Crippen molar-refractivity contribution in [1.29, 1.82) is 0 Å². The topological polar surface area (TPSA) is 165 Å². The summed E-state index contributed by atoms with van der Waals surface area (Å²) in [5.41, 5.74) is 1.39. The monoisotopic (exact) mass is 416 g/mol. The number of benzene rings is 2. The van der Waals surface area contributed by atoms with E-state index < -0.39 is 21.5 Å². The molecular formula is C19H13ClN2O7. The van der Waals surface area contributed by atoms with Crippen molar-refractivity contribution in [2.75, 3.05) is 0 Å². The lowest BCUT2D eigenvalue weighted by Crippen LogP contribution is -2.58. The molecule has 148 valence electrons. The molecule has 2 heterocycles. The van der Waals surface area contributed by atoms with E-state index in [1.54, 1.807) is 6.07 Å². The smallest absolute Gasteiger partial charge is 0.351 e. The van der Waals surface area contributed by atoms with Crippen LogP contribution in [0.2, 0.25) is 0 Å². The summed E-state index contributed by atoms with van der Waals surface area (Å²) in [7, 11) is -4.69. The van der Waals surface area contributed by atoms with Crippen LogP contribution >= 0.6 is 0 Å². The van der Waals surface area contributed by atoms with Crippen LogP contribution in [0.5, 0.6) is 0 Å². The van der Waals surface area contributed by atoms with Crippen molar-refractivity contribution in [3.8, 4) is 33.9 Å². The first-order valence-corrected chi connectivity index (χ1v) is 9.31. The lowest BCUT2D eigenvalue weighted by Gasteiger charge is -2.12. The van der Waals surface area contributed by atoms with Gasteiger partial charge >= 0.3 is 5.69 Å². The molecular weight excluding hydrogens is 404 g/mol. The van der Waals surface area contributed by atoms with E-state index in [4.69, 9.17) is 23.1 Å². The third-order valence-electron chi connectivity index (χ3n) is 3.76. The Labute approximate surface area is 165 Å². The lowest BCUT2D eigenvalue weighted by atomic mass is 9.99. The molecule has 2 aliphatic heterocycles.